The molecule has 0 saturated heterocycles. The van der Waals surface area contributed by atoms with Crippen LogP contribution in [0.1, 0.15) is 6.92 Å². The molecule has 0 aliphatic heterocycles. The molecule has 7 heteroatoms. The van der Waals surface area contributed by atoms with Crippen LogP contribution in [-0.2, 0) is 10.1 Å². The smallest absolute Gasteiger partial charge is 0.296 e. The van der Waals surface area contributed by atoms with E-state index in [1.807, 2.05) is 0 Å². The van der Waals surface area contributed by atoms with E-state index < -0.39 is 15.0 Å². The van der Waals surface area contributed by atoms with Gasteiger partial charge < -0.3 is 16.2 Å². The summed E-state index contributed by atoms with van der Waals surface area (Å²) in [6.45, 7) is 2.06. The Kier molecular flexibility index (Phi) is 3.06. The molecular formula is C8H12N2O4S. The molecule has 0 radical (unpaired) electrons. The van der Waals surface area contributed by atoms with Gasteiger partial charge in [0.05, 0.1) is 18.0 Å². The minimum absolute atomic E-state index is 0.113. The summed E-state index contributed by atoms with van der Waals surface area (Å²) in [5, 5.41) is 0. The van der Waals surface area contributed by atoms with Crippen molar-refractivity contribution < 1.29 is 17.7 Å². The van der Waals surface area contributed by atoms with Gasteiger partial charge >= 0.3 is 0 Å². The van der Waals surface area contributed by atoms with Crippen molar-refractivity contribution in [2.24, 2.45) is 0 Å². The SMILES string of the molecule is CCOc1cc(S(=O)(=O)O)c(N)cc1N. The zero-order valence-corrected chi connectivity index (χ0v) is 8.91. The molecule has 0 bridgehead atoms. The molecule has 0 saturated carbocycles. The average Bonchev–Trinajstić information content (AvgIpc) is 2.07. The highest BCUT2D eigenvalue weighted by molar-refractivity contribution is 7.86. The number of hydrogen-bond acceptors (Lipinski definition) is 5. The Morgan fingerprint density at radius 3 is 2.40 bits per heavy atom. The Balaban J connectivity index is 3.36. The van der Waals surface area contributed by atoms with Crippen molar-refractivity contribution in [1.82, 2.24) is 0 Å². The van der Waals surface area contributed by atoms with Crippen LogP contribution in [0.3, 0.4) is 0 Å². The molecule has 1 aromatic carbocycles. The highest BCUT2D eigenvalue weighted by atomic mass is 32.2. The van der Waals surface area contributed by atoms with Crippen molar-refractivity contribution >= 4 is 21.5 Å². The molecule has 0 aliphatic carbocycles. The first-order valence-corrected chi connectivity index (χ1v) is 5.59. The van der Waals surface area contributed by atoms with Gasteiger partial charge in [0, 0.05) is 6.07 Å². The van der Waals surface area contributed by atoms with Crippen LogP contribution in [-0.4, -0.2) is 19.6 Å². The van der Waals surface area contributed by atoms with Crippen LogP contribution in [0.25, 0.3) is 0 Å². The number of benzene rings is 1. The molecule has 84 valence electrons. The summed E-state index contributed by atoms with van der Waals surface area (Å²) in [4.78, 5) is -0.403. The van der Waals surface area contributed by atoms with E-state index in [0.717, 1.165) is 6.07 Å². The van der Waals surface area contributed by atoms with Gasteiger partial charge in [0.25, 0.3) is 10.1 Å². The van der Waals surface area contributed by atoms with Crippen LogP contribution in [0.5, 0.6) is 5.75 Å². The molecule has 0 aliphatic rings. The largest absolute Gasteiger partial charge is 0.492 e. The second kappa shape index (κ2) is 3.95. The van der Waals surface area contributed by atoms with Crippen LogP contribution in [0, 0.1) is 0 Å². The first-order chi connectivity index (χ1) is 6.86. The zero-order chi connectivity index (χ0) is 11.6. The highest BCUT2D eigenvalue weighted by Crippen LogP contribution is 2.30. The van der Waals surface area contributed by atoms with Crippen molar-refractivity contribution in [1.29, 1.82) is 0 Å². The van der Waals surface area contributed by atoms with Gasteiger partial charge in [-0.3, -0.25) is 4.55 Å². The van der Waals surface area contributed by atoms with E-state index in [-0.39, 0.29) is 17.1 Å². The van der Waals surface area contributed by atoms with Crippen LogP contribution >= 0.6 is 0 Å². The topological polar surface area (TPSA) is 116 Å². The van der Waals surface area contributed by atoms with Gasteiger partial charge in [-0.05, 0) is 13.0 Å². The van der Waals surface area contributed by atoms with Crippen LogP contribution in [0.4, 0.5) is 11.4 Å². The van der Waals surface area contributed by atoms with Crippen LogP contribution < -0.4 is 16.2 Å². The predicted molar refractivity (Wildman–Crippen MR) is 56.3 cm³/mol. The molecular weight excluding hydrogens is 220 g/mol. The second-order valence-corrected chi connectivity index (χ2v) is 4.23. The lowest BCUT2D eigenvalue weighted by molar-refractivity contribution is 0.341. The molecule has 0 unspecified atom stereocenters. The normalized spacial score (nSPS) is 11.3. The first-order valence-electron chi connectivity index (χ1n) is 4.15. The zero-order valence-electron chi connectivity index (χ0n) is 8.10. The number of hydrogen-bond donors (Lipinski definition) is 3. The third-order valence-electron chi connectivity index (χ3n) is 1.72. The Morgan fingerprint density at radius 1 is 1.33 bits per heavy atom. The summed E-state index contributed by atoms with van der Waals surface area (Å²) in [5.74, 6) is 0.180. The first kappa shape index (κ1) is 11.6. The van der Waals surface area contributed by atoms with Gasteiger partial charge in [-0.15, -0.1) is 0 Å². The number of nitrogen functional groups attached to an aromatic ring is 2. The molecule has 6 nitrogen and oxygen atoms in total. The van der Waals surface area contributed by atoms with E-state index in [4.69, 9.17) is 20.8 Å². The Morgan fingerprint density at radius 2 is 1.93 bits per heavy atom. The lowest BCUT2D eigenvalue weighted by atomic mass is 10.2. The molecule has 0 atom stereocenters. The molecule has 1 aromatic rings. The third kappa shape index (κ3) is 2.51. The lowest BCUT2D eigenvalue weighted by Gasteiger charge is -2.10. The van der Waals surface area contributed by atoms with E-state index in [1.54, 1.807) is 6.92 Å². The maximum Gasteiger partial charge on any atom is 0.296 e. The number of rotatable bonds is 3. The van der Waals surface area contributed by atoms with Crippen molar-refractivity contribution in [2.45, 2.75) is 11.8 Å². The summed E-state index contributed by atoms with van der Waals surface area (Å²) < 4.78 is 35.7. The molecule has 0 aromatic heterocycles. The molecule has 0 amide bonds. The third-order valence-corrected chi connectivity index (χ3v) is 2.63. The molecule has 0 heterocycles. The minimum atomic E-state index is -4.35. The number of nitrogens with two attached hydrogens (primary N) is 2. The molecule has 5 N–H and O–H groups in total. The number of ether oxygens (including phenoxy) is 1. The van der Waals surface area contributed by atoms with E-state index in [2.05, 4.69) is 0 Å². The summed E-state index contributed by atoms with van der Waals surface area (Å²) in [7, 11) is -4.35. The average molecular weight is 232 g/mol. The highest BCUT2D eigenvalue weighted by Gasteiger charge is 2.16. The maximum absolute atomic E-state index is 10.9. The summed E-state index contributed by atoms with van der Waals surface area (Å²) in [6.07, 6.45) is 0. The van der Waals surface area contributed by atoms with Gasteiger partial charge in [-0.2, -0.15) is 8.42 Å². The molecule has 15 heavy (non-hydrogen) atoms. The van der Waals surface area contributed by atoms with Crippen LogP contribution in [0.2, 0.25) is 0 Å². The van der Waals surface area contributed by atoms with E-state index >= 15 is 0 Å². The van der Waals surface area contributed by atoms with Gasteiger partial charge in [0.15, 0.2) is 0 Å². The van der Waals surface area contributed by atoms with Gasteiger partial charge in [0.2, 0.25) is 0 Å². The fourth-order valence-corrected chi connectivity index (χ4v) is 1.71. The molecule has 0 fully saturated rings. The Bertz CT molecular complexity index is 470. The summed E-state index contributed by atoms with van der Waals surface area (Å²) >= 11 is 0. The van der Waals surface area contributed by atoms with Crippen molar-refractivity contribution in [2.75, 3.05) is 18.1 Å². The van der Waals surface area contributed by atoms with Crippen LogP contribution in [0.15, 0.2) is 17.0 Å². The molecule has 0 spiro atoms. The maximum atomic E-state index is 10.9. The molecule has 1 rings (SSSR count). The van der Waals surface area contributed by atoms with E-state index in [1.165, 1.54) is 6.07 Å². The van der Waals surface area contributed by atoms with Gasteiger partial charge in [-0.1, -0.05) is 0 Å². The fourth-order valence-electron chi connectivity index (χ4n) is 1.10. The van der Waals surface area contributed by atoms with E-state index in [9.17, 15) is 8.42 Å². The van der Waals surface area contributed by atoms with Gasteiger partial charge in [0.1, 0.15) is 10.6 Å². The standard InChI is InChI=1S/C8H12N2O4S/c1-2-14-7-4-8(15(11,12)13)6(10)3-5(7)9/h3-4H,2,9-10H2,1H3,(H,11,12,13). The Hall–Kier alpha value is -1.47. The quantitative estimate of drug-likeness (QED) is 0.516. The van der Waals surface area contributed by atoms with Crippen molar-refractivity contribution in [3.8, 4) is 5.75 Å². The second-order valence-electron chi connectivity index (χ2n) is 2.84. The fraction of sp³-hybridized carbons (Fsp3) is 0.250. The Labute approximate surface area is 87.6 Å². The lowest BCUT2D eigenvalue weighted by Crippen LogP contribution is -2.06. The van der Waals surface area contributed by atoms with E-state index in [0.29, 0.717) is 6.61 Å². The van der Waals surface area contributed by atoms with Gasteiger partial charge in [-0.25, -0.2) is 0 Å². The predicted octanol–water partition coefficient (Wildman–Crippen LogP) is 0.496. The minimum Gasteiger partial charge on any atom is -0.492 e. The van der Waals surface area contributed by atoms with Crippen molar-refractivity contribution in [3.05, 3.63) is 12.1 Å². The summed E-state index contributed by atoms with van der Waals surface area (Å²) in [5.41, 5.74) is 11.0. The summed E-state index contributed by atoms with van der Waals surface area (Å²) in [6, 6.07) is 2.33. The monoisotopic (exact) mass is 232 g/mol. The number of anilines is 2. The van der Waals surface area contributed by atoms with Crippen molar-refractivity contribution in [3.63, 3.8) is 0 Å².